The summed E-state index contributed by atoms with van der Waals surface area (Å²) in [6, 6.07) is 12.7. The Kier molecular flexibility index (Phi) is 6.72. The smallest absolute Gasteiger partial charge is 0.276 e. The molecule has 0 heterocycles. The lowest BCUT2D eigenvalue weighted by Gasteiger charge is -2.22. The molecular formula is C20H24N2O4. The number of carbonyl (C=O) groups excluding carboxylic acids is 1. The van der Waals surface area contributed by atoms with Gasteiger partial charge in [-0.2, -0.15) is 0 Å². The number of carbonyl (C=O) groups is 1. The van der Waals surface area contributed by atoms with E-state index in [4.69, 9.17) is 4.74 Å². The molecule has 0 radical (unpaired) electrons. The normalized spacial score (nSPS) is 10.4. The van der Waals surface area contributed by atoms with Crippen molar-refractivity contribution in [2.45, 2.75) is 33.7 Å². The highest BCUT2D eigenvalue weighted by molar-refractivity contribution is 5.77. The average Bonchev–Trinajstić information content (AvgIpc) is 2.61. The van der Waals surface area contributed by atoms with Crippen LogP contribution in [0.3, 0.4) is 0 Å². The summed E-state index contributed by atoms with van der Waals surface area (Å²) in [5.74, 6) is 0.220. The fourth-order valence-corrected chi connectivity index (χ4v) is 2.66. The summed E-state index contributed by atoms with van der Waals surface area (Å²) in [5, 5.41) is 11.0. The van der Waals surface area contributed by atoms with Gasteiger partial charge in [0.05, 0.1) is 10.5 Å². The molecule has 0 aromatic heterocycles. The summed E-state index contributed by atoms with van der Waals surface area (Å²) in [5.41, 5.74) is 2.64. The fraction of sp³-hybridized carbons (Fsp3) is 0.350. The second-order valence-electron chi connectivity index (χ2n) is 6.25. The zero-order valence-electron chi connectivity index (χ0n) is 15.4. The van der Waals surface area contributed by atoms with Crippen LogP contribution in [0, 0.1) is 24.0 Å². The third-order valence-corrected chi connectivity index (χ3v) is 4.14. The maximum absolute atomic E-state index is 12.6. The summed E-state index contributed by atoms with van der Waals surface area (Å²) in [4.78, 5) is 24.9. The highest BCUT2D eigenvalue weighted by Crippen LogP contribution is 2.27. The third-order valence-electron chi connectivity index (χ3n) is 4.14. The molecule has 138 valence electrons. The van der Waals surface area contributed by atoms with Crippen molar-refractivity contribution in [3.05, 3.63) is 69.3 Å². The Balaban J connectivity index is 2.05. The van der Waals surface area contributed by atoms with Gasteiger partial charge in [-0.3, -0.25) is 14.9 Å². The molecule has 6 nitrogen and oxygen atoms in total. The van der Waals surface area contributed by atoms with Crippen LogP contribution >= 0.6 is 0 Å². The van der Waals surface area contributed by atoms with Crippen molar-refractivity contribution >= 4 is 11.6 Å². The van der Waals surface area contributed by atoms with Gasteiger partial charge in [0.25, 0.3) is 11.6 Å². The Labute approximate surface area is 153 Å². The molecule has 2 aromatic carbocycles. The van der Waals surface area contributed by atoms with Gasteiger partial charge in [0.1, 0.15) is 5.75 Å². The van der Waals surface area contributed by atoms with Gasteiger partial charge < -0.3 is 9.64 Å². The summed E-state index contributed by atoms with van der Waals surface area (Å²) in [6.45, 7) is 6.66. The van der Waals surface area contributed by atoms with Crippen LogP contribution in [0.15, 0.2) is 42.5 Å². The first-order valence-corrected chi connectivity index (χ1v) is 8.62. The minimum absolute atomic E-state index is 0.0139. The summed E-state index contributed by atoms with van der Waals surface area (Å²) in [6.07, 6.45) is 0.841. The highest BCUT2D eigenvalue weighted by Gasteiger charge is 2.17. The summed E-state index contributed by atoms with van der Waals surface area (Å²) >= 11 is 0. The Morgan fingerprint density at radius 2 is 1.85 bits per heavy atom. The molecule has 0 aliphatic carbocycles. The van der Waals surface area contributed by atoms with Crippen molar-refractivity contribution in [3.8, 4) is 5.75 Å². The van der Waals surface area contributed by atoms with E-state index in [0.717, 1.165) is 12.0 Å². The molecule has 0 N–H and O–H groups in total. The van der Waals surface area contributed by atoms with Crippen LogP contribution in [-0.4, -0.2) is 28.9 Å². The monoisotopic (exact) mass is 356 g/mol. The van der Waals surface area contributed by atoms with Crippen LogP contribution < -0.4 is 4.74 Å². The van der Waals surface area contributed by atoms with Crippen molar-refractivity contribution in [2.75, 3.05) is 13.2 Å². The maximum atomic E-state index is 12.6. The van der Waals surface area contributed by atoms with Gasteiger partial charge >= 0.3 is 0 Å². The first-order valence-electron chi connectivity index (χ1n) is 8.62. The molecule has 0 spiro atoms. The van der Waals surface area contributed by atoms with Crippen molar-refractivity contribution in [3.63, 3.8) is 0 Å². The van der Waals surface area contributed by atoms with Crippen molar-refractivity contribution < 1.29 is 14.5 Å². The second-order valence-corrected chi connectivity index (χ2v) is 6.25. The number of hydrogen-bond donors (Lipinski definition) is 0. The Morgan fingerprint density at radius 3 is 2.46 bits per heavy atom. The number of nitrogens with zero attached hydrogens (tertiary/aromatic N) is 2. The van der Waals surface area contributed by atoms with Crippen molar-refractivity contribution in [1.29, 1.82) is 0 Å². The van der Waals surface area contributed by atoms with Gasteiger partial charge in [0.2, 0.25) is 0 Å². The van der Waals surface area contributed by atoms with E-state index in [1.165, 1.54) is 11.6 Å². The standard InChI is InChI=1S/C20H24N2O4/c1-4-12-21(13-17-10-8-15(2)9-11-17)20(23)14-26-19-7-5-6-18(16(19)3)22(24)25/h5-11H,4,12-14H2,1-3H3. The molecule has 6 heteroatoms. The molecule has 0 fully saturated rings. The predicted octanol–water partition coefficient (Wildman–Crippen LogP) is 4.03. The molecule has 0 saturated heterocycles. The van der Waals surface area contributed by atoms with Crippen LogP contribution in [0.2, 0.25) is 0 Å². The topological polar surface area (TPSA) is 72.7 Å². The number of nitro groups is 1. The number of aryl methyl sites for hydroxylation is 1. The Morgan fingerprint density at radius 1 is 1.15 bits per heavy atom. The maximum Gasteiger partial charge on any atom is 0.276 e. The molecule has 0 atom stereocenters. The zero-order valence-corrected chi connectivity index (χ0v) is 15.4. The highest BCUT2D eigenvalue weighted by atomic mass is 16.6. The van der Waals surface area contributed by atoms with E-state index in [9.17, 15) is 14.9 Å². The van der Waals surface area contributed by atoms with Crippen LogP contribution in [0.25, 0.3) is 0 Å². The van der Waals surface area contributed by atoms with Gasteiger partial charge in [-0.1, -0.05) is 42.8 Å². The molecule has 0 bridgehead atoms. The Hall–Kier alpha value is -2.89. The summed E-state index contributed by atoms with van der Waals surface area (Å²) < 4.78 is 5.58. The molecule has 0 saturated carbocycles. The lowest BCUT2D eigenvalue weighted by Crippen LogP contribution is -2.35. The fourth-order valence-electron chi connectivity index (χ4n) is 2.66. The van der Waals surface area contributed by atoms with Gasteiger partial charge in [-0.25, -0.2) is 0 Å². The summed E-state index contributed by atoms with van der Waals surface area (Å²) in [7, 11) is 0. The van der Waals surface area contributed by atoms with Gasteiger partial charge in [-0.05, 0) is 31.9 Å². The molecule has 2 aromatic rings. The lowest BCUT2D eigenvalue weighted by atomic mass is 10.1. The predicted molar refractivity (Wildman–Crippen MR) is 100 cm³/mol. The van der Waals surface area contributed by atoms with Crippen molar-refractivity contribution in [2.24, 2.45) is 0 Å². The number of benzene rings is 2. The van der Waals surface area contributed by atoms with Gasteiger partial charge in [0.15, 0.2) is 6.61 Å². The molecule has 0 unspecified atom stereocenters. The van der Waals surface area contributed by atoms with E-state index in [1.54, 1.807) is 24.0 Å². The SMILES string of the molecule is CCCN(Cc1ccc(C)cc1)C(=O)COc1cccc([N+](=O)[O-])c1C. The first kappa shape index (κ1) is 19.4. The largest absolute Gasteiger partial charge is 0.483 e. The van der Waals surface area contributed by atoms with E-state index in [2.05, 4.69) is 0 Å². The molecular weight excluding hydrogens is 332 g/mol. The molecule has 2 rings (SSSR count). The molecule has 26 heavy (non-hydrogen) atoms. The zero-order chi connectivity index (χ0) is 19.1. The number of amides is 1. The van der Waals surface area contributed by atoms with E-state index in [1.807, 2.05) is 38.1 Å². The quantitative estimate of drug-likeness (QED) is 0.529. The number of ether oxygens (including phenoxy) is 1. The van der Waals surface area contributed by atoms with Gasteiger partial charge in [-0.15, -0.1) is 0 Å². The average molecular weight is 356 g/mol. The van der Waals surface area contributed by atoms with Gasteiger partial charge in [0, 0.05) is 19.2 Å². The van der Waals surface area contributed by atoms with E-state index in [0.29, 0.717) is 24.4 Å². The van der Waals surface area contributed by atoms with Crippen LogP contribution in [0.1, 0.15) is 30.0 Å². The van der Waals surface area contributed by atoms with Crippen molar-refractivity contribution in [1.82, 2.24) is 4.90 Å². The van der Waals surface area contributed by atoms with Crippen LogP contribution in [0.4, 0.5) is 5.69 Å². The number of hydrogen-bond acceptors (Lipinski definition) is 4. The first-order chi connectivity index (χ1) is 12.4. The lowest BCUT2D eigenvalue weighted by molar-refractivity contribution is -0.385. The minimum atomic E-state index is -0.454. The third kappa shape index (κ3) is 5.05. The Bertz CT molecular complexity index is 772. The van der Waals surface area contributed by atoms with E-state index >= 15 is 0 Å². The van der Waals surface area contributed by atoms with E-state index in [-0.39, 0.29) is 18.2 Å². The van der Waals surface area contributed by atoms with Crippen LogP contribution in [-0.2, 0) is 11.3 Å². The minimum Gasteiger partial charge on any atom is -0.483 e. The second kappa shape index (κ2) is 8.99. The van der Waals surface area contributed by atoms with E-state index < -0.39 is 4.92 Å². The number of rotatable bonds is 8. The molecule has 0 aliphatic heterocycles. The molecule has 0 aliphatic rings. The number of nitro benzene ring substituents is 1. The molecule has 1 amide bonds. The van der Waals surface area contributed by atoms with Crippen LogP contribution in [0.5, 0.6) is 5.75 Å².